The van der Waals surface area contributed by atoms with Gasteiger partial charge in [0, 0.05) is 31.6 Å². The minimum absolute atomic E-state index is 0.0680. The van der Waals surface area contributed by atoms with Crippen LogP contribution in [0.1, 0.15) is 22.6 Å². The molecule has 0 spiro atoms. The Hall–Kier alpha value is -1.35. The summed E-state index contributed by atoms with van der Waals surface area (Å²) in [6.07, 6.45) is -4.74. The van der Waals surface area contributed by atoms with E-state index in [2.05, 4.69) is 15.9 Å². The van der Waals surface area contributed by atoms with E-state index in [1.165, 1.54) is 6.07 Å². The number of benzene rings is 2. The lowest BCUT2D eigenvalue weighted by Crippen LogP contribution is -2.38. The van der Waals surface area contributed by atoms with E-state index >= 15 is 0 Å². The highest BCUT2D eigenvalue weighted by molar-refractivity contribution is 9.09. The molecule has 1 saturated heterocycles. The summed E-state index contributed by atoms with van der Waals surface area (Å²) in [6.45, 7) is 1.10. The largest absolute Gasteiger partial charge is 0.419 e. The third-order valence-electron chi connectivity index (χ3n) is 5.46. The fourth-order valence-corrected chi connectivity index (χ4v) is 4.55. The minimum atomic E-state index is -4.74. The smallest absolute Gasteiger partial charge is 0.340 e. The van der Waals surface area contributed by atoms with Crippen LogP contribution in [0, 0.1) is 5.82 Å². The first-order chi connectivity index (χ1) is 14.5. The molecule has 1 heterocycles. The highest BCUT2D eigenvalue weighted by Crippen LogP contribution is 2.35. The van der Waals surface area contributed by atoms with Gasteiger partial charge in [0.05, 0.1) is 20.9 Å². The molecule has 0 aromatic heterocycles. The average Bonchev–Trinajstić information content (AvgIpc) is 3.14. The van der Waals surface area contributed by atoms with Crippen LogP contribution in [0.15, 0.2) is 36.4 Å². The van der Waals surface area contributed by atoms with Crippen LogP contribution in [0.4, 0.5) is 17.6 Å². The molecule has 1 aliphatic heterocycles. The summed E-state index contributed by atoms with van der Waals surface area (Å²) in [7, 11) is 1.80. The normalized spacial score (nSPS) is 19.3. The first kappa shape index (κ1) is 24.3. The van der Waals surface area contributed by atoms with Crippen molar-refractivity contribution in [2.75, 3.05) is 25.5 Å². The number of likely N-dealkylation sites (N-methyl/N-ethyl adjacent to an activating group) is 1. The van der Waals surface area contributed by atoms with Gasteiger partial charge in [-0.05, 0) is 42.4 Å². The van der Waals surface area contributed by atoms with Crippen LogP contribution in [0.5, 0.6) is 0 Å². The molecule has 31 heavy (non-hydrogen) atoms. The third kappa shape index (κ3) is 5.53. The van der Waals surface area contributed by atoms with Crippen molar-refractivity contribution in [1.29, 1.82) is 0 Å². The fraction of sp³-hybridized carbons (Fsp3) is 0.381. The van der Waals surface area contributed by atoms with Crippen molar-refractivity contribution >= 4 is 45.0 Å². The van der Waals surface area contributed by atoms with Gasteiger partial charge >= 0.3 is 6.18 Å². The second-order valence-electron chi connectivity index (χ2n) is 7.51. The molecular formula is C21H19BrCl2F4N2O. The molecule has 2 aromatic carbocycles. The fourth-order valence-electron chi connectivity index (χ4n) is 3.88. The van der Waals surface area contributed by atoms with E-state index in [-0.39, 0.29) is 29.7 Å². The molecule has 0 aliphatic carbocycles. The maximum Gasteiger partial charge on any atom is 0.419 e. The predicted molar refractivity (Wildman–Crippen MR) is 116 cm³/mol. The molecule has 1 unspecified atom stereocenters. The van der Waals surface area contributed by atoms with Gasteiger partial charge in [0.15, 0.2) is 0 Å². The van der Waals surface area contributed by atoms with Crippen LogP contribution in [-0.2, 0) is 17.5 Å². The first-order valence-corrected chi connectivity index (χ1v) is 11.2. The summed E-state index contributed by atoms with van der Waals surface area (Å²) in [5.41, 5.74) is 0.0171. The summed E-state index contributed by atoms with van der Waals surface area (Å²) in [4.78, 5) is 15.9. The third-order valence-corrected chi connectivity index (χ3v) is 6.68. The Morgan fingerprint density at radius 1 is 1.16 bits per heavy atom. The number of carbonyl (C=O) groups excluding carboxylic acids is 1. The molecule has 2 aromatic rings. The topological polar surface area (TPSA) is 23.6 Å². The van der Waals surface area contributed by atoms with Crippen molar-refractivity contribution < 1.29 is 22.4 Å². The number of carbonyl (C=O) groups is 1. The van der Waals surface area contributed by atoms with Crippen molar-refractivity contribution in [1.82, 2.24) is 9.80 Å². The summed E-state index contributed by atoms with van der Waals surface area (Å²) in [6, 6.07) is 8.08. The predicted octanol–water partition coefficient (Wildman–Crippen LogP) is 5.97. The minimum Gasteiger partial charge on any atom is -0.340 e. The van der Waals surface area contributed by atoms with Crippen LogP contribution in [0.25, 0.3) is 0 Å². The zero-order chi connectivity index (χ0) is 22.9. The number of hydrogen-bond donors (Lipinski definition) is 0. The van der Waals surface area contributed by atoms with E-state index in [1.54, 1.807) is 24.1 Å². The molecule has 3 nitrogen and oxygen atoms in total. The van der Waals surface area contributed by atoms with Crippen LogP contribution in [0.2, 0.25) is 10.0 Å². The molecular weight excluding hydrogens is 523 g/mol. The standard InChI is InChI=1S/C21H19BrCl2F4N2O/c1-29(9-12-2-4-15(18(25)6-12)21(26,27)28)19-11-30(20(31)8-22)10-14(19)13-3-5-16(23)17(24)7-13/h2-7,14,19H,8-11H2,1H3/t14-,19?/m1/s1. The van der Waals surface area contributed by atoms with Gasteiger partial charge in [-0.2, -0.15) is 13.2 Å². The quantitative estimate of drug-likeness (QED) is 0.344. The van der Waals surface area contributed by atoms with E-state index < -0.39 is 17.6 Å². The van der Waals surface area contributed by atoms with Crippen LogP contribution in [-0.4, -0.2) is 47.2 Å². The van der Waals surface area contributed by atoms with Crippen LogP contribution in [0.3, 0.4) is 0 Å². The monoisotopic (exact) mass is 540 g/mol. The highest BCUT2D eigenvalue weighted by atomic mass is 79.9. The van der Waals surface area contributed by atoms with Gasteiger partial charge < -0.3 is 4.90 Å². The molecule has 3 rings (SSSR count). The van der Waals surface area contributed by atoms with Crippen LogP contribution >= 0.6 is 39.1 Å². The lowest BCUT2D eigenvalue weighted by molar-refractivity contribution is -0.140. The molecule has 1 fully saturated rings. The van der Waals surface area contributed by atoms with Crippen molar-refractivity contribution in [3.63, 3.8) is 0 Å². The highest BCUT2D eigenvalue weighted by Gasteiger charge is 2.38. The van der Waals surface area contributed by atoms with Gasteiger partial charge in [0.1, 0.15) is 5.82 Å². The van der Waals surface area contributed by atoms with Gasteiger partial charge in [-0.25, -0.2) is 4.39 Å². The molecule has 1 aliphatic rings. The lowest BCUT2D eigenvalue weighted by atomic mass is 9.93. The summed E-state index contributed by atoms with van der Waals surface area (Å²) in [5.74, 6) is -1.47. The summed E-state index contributed by atoms with van der Waals surface area (Å²) >= 11 is 15.4. The second-order valence-corrected chi connectivity index (χ2v) is 8.88. The Bertz CT molecular complexity index is 973. The number of alkyl halides is 4. The Balaban J connectivity index is 1.85. The number of nitrogens with zero attached hydrogens (tertiary/aromatic N) is 2. The summed E-state index contributed by atoms with van der Waals surface area (Å²) in [5, 5.41) is 0.999. The van der Waals surface area contributed by atoms with Gasteiger partial charge in [-0.3, -0.25) is 9.69 Å². The van der Waals surface area contributed by atoms with Gasteiger partial charge in [0.25, 0.3) is 0 Å². The molecule has 1 amide bonds. The SMILES string of the molecule is CN(Cc1ccc(C(F)(F)F)c(F)c1)C1CN(C(=O)CBr)C[C@@H]1c1ccc(Cl)c(Cl)c1. The lowest BCUT2D eigenvalue weighted by Gasteiger charge is -2.29. The number of likely N-dealkylation sites (tertiary alicyclic amines) is 1. The summed E-state index contributed by atoms with van der Waals surface area (Å²) < 4.78 is 52.5. The maximum absolute atomic E-state index is 14.0. The van der Waals surface area contributed by atoms with E-state index in [9.17, 15) is 22.4 Å². The van der Waals surface area contributed by atoms with E-state index in [4.69, 9.17) is 23.2 Å². The Kier molecular flexibility index (Phi) is 7.56. The van der Waals surface area contributed by atoms with Gasteiger partial charge in [-0.15, -0.1) is 0 Å². The maximum atomic E-state index is 14.0. The van der Waals surface area contributed by atoms with Gasteiger partial charge in [0.2, 0.25) is 5.91 Å². The number of rotatable bonds is 5. The zero-order valence-corrected chi connectivity index (χ0v) is 19.5. The van der Waals surface area contributed by atoms with Crippen LogP contribution < -0.4 is 0 Å². The van der Waals surface area contributed by atoms with Crippen molar-refractivity contribution in [2.45, 2.75) is 24.7 Å². The number of amides is 1. The zero-order valence-electron chi connectivity index (χ0n) is 16.4. The molecule has 2 atom stereocenters. The number of hydrogen-bond acceptors (Lipinski definition) is 2. The van der Waals surface area contributed by atoms with Crippen molar-refractivity contribution in [3.8, 4) is 0 Å². The second kappa shape index (κ2) is 9.65. The number of halogens is 7. The van der Waals surface area contributed by atoms with E-state index in [0.717, 1.165) is 17.7 Å². The van der Waals surface area contributed by atoms with Gasteiger partial charge in [-0.1, -0.05) is 51.3 Å². The van der Waals surface area contributed by atoms with Crippen molar-refractivity contribution in [2.24, 2.45) is 0 Å². The Morgan fingerprint density at radius 3 is 2.45 bits per heavy atom. The Morgan fingerprint density at radius 2 is 1.87 bits per heavy atom. The van der Waals surface area contributed by atoms with Crippen molar-refractivity contribution in [3.05, 3.63) is 69.0 Å². The molecule has 168 valence electrons. The molecule has 0 radical (unpaired) electrons. The Labute approximate surface area is 196 Å². The molecule has 0 N–H and O–H groups in total. The first-order valence-electron chi connectivity index (χ1n) is 9.35. The molecule has 0 bridgehead atoms. The van der Waals surface area contributed by atoms with E-state index in [0.29, 0.717) is 28.7 Å². The molecule has 10 heteroatoms. The van der Waals surface area contributed by atoms with E-state index in [1.807, 2.05) is 11.0 Å². The molecule has 0 saturated carbocycles. The average molecular weight is 542 g/mol.